The number of ether oxygens (including phenoxy) is 1. The first-order chi connectivity index (χ1) is 6.29. The highest BCUT2D eigenvalue weighted by molar-refractivity contribution is 5.67. The van der Waals surface area contributed by atoms with Gasteiger partial charge in [0.1, 0.15) is 0 Å². The van der Waals surface area contributed by atoms with Crippen LogP contribution >= 0.6 is 0 Å². The minimum Gasteiger partial charge on any atom is -0.453 e. The minimum atomic E-state index is -0.180. The van der Waals surface area contributed by atoms with E-state index in [0.717, 1.165) is 19.6 Å². The minimum absolute atomic E-state index is 0.180. The SMILES string of the molecule is COC(=O)N1CC2CCC(C1)NC2. The lowest BCUT2D eigenvalue weighted by atomic mass is 9.97. The quantitative estimate of drug-likeness (QED) is 0.594. The van der Waals surface area contributed by atoms with Gasteiger partial charge in [0.15, 0.2) is 0 Å². The lowest BCUT2D eigenvalue weighted by Gasteiger charge is -2.22. The molecule has 3 rings (SSSR count). The van der Waals surface area contributed by atoms with Gasteiger partial charge in [-0.15, -0.1) is 0 Å². The number of methoxy groups -OCH3 is 1. The van der Waals surface area contributed by atoms with Crippen LogP contribution in [0, 0.1) is 5.92 Å². The number of hydrogen-bond donors (Lipinski definition) is 1. The molecule has 0 radical (unpaired) electrons. The molecular formula is C9H16N2O2. The van der Waals surface area contributed by atoms with Crippen molar-refractivity contribution in [1.29, 1.82) is 0 Å². The molecular weight excluding hydrogens is 168 g/mol. The summed E-state index contributed by atoms with van der Waals surface area (Å²) in [6, 6.07) is 0.484. The summed E-state index contributed by atoms with van der Waals surface area (Å²) in [6.07, 6.45) is 2.25. The van der Waals surface area contributed by atoms with Crippen LogP contribution in [0.25, 0.3) is 0 Å². The highest BCUT2D eigenvalue weighted by Gasteiger charge is 2.31. The molecule has 0 spiro atoms. The molecule has 1 N–H and O–H groups in total. The zero-order chi connectivity index (χ0) is 9.26. The smallest absolute Gasteiger partial charge is 0.409 e. The molecule has 1 amide bonds. The first kappa shape index (κ1) is 8.81. The summed E-state index contributed by atoms with van der Waals surface area (Å²) < 4.78 is 4.73. The first-order valence-corrected chi connectivity index (χ1v) is 4.86. The molecule has 3 heterocycles. The summed E-state index contributed by atoms with van der Waals surface area (Å²) in [5.74, 6) is 0.623. The van der Waals surface area contributed by atoms with Gasteiger partial charge in [-0.2, -0.15) is 0 Å². The van der Waals surface area contributed by atoms with Crippen molar-refractivity contribution in [2.45, 2.75) is 18.9 Å². The molecule has 0 aromatic carbocycles. The summed E-state index contributed by atoms with van der Waals surface area (Å²) in [6.45, 7) is 2.72. The van der Waals surface area contributed by atoms with Gasteiger partial charge >= 0.3 is 6.09 Å². The van der Waals surface area contributed by atoms with Crippen LogP contribution in [0.2, 0.25) is 0 Å². The van der Waals surface area contributed by atoms with Crippen LogP contribution in [0.5, 0.6) is 0 Å². The predicted molar refractivity (Wildman–Crippen MR) is 48.5 cm³/mol. The Morgan fingerprint density at radius 3 is 2.92 bits per heavy atom. The van der Waals surface area contributed by atoms with Gasteiger partial charge in [0, 0.05) is 19.1 Å². The van der Waals surface area contributed by atoms with Gasteiger partial charge in [-0.05, 0) is 25.3 Å². The molecule has 74 valence electrons. The molecule has 2 bridgehead atoms. The van der Waals surface area contributed by atoms with Gasteiger partial charge in [-0.25, -0.2) is 4.79 Å². The second kappa shape index (κ2) is 3.54. The molecule has 13 heavy (non-hydrogen) atoms. The van der Waals surface area contributed by atoms with E-state index in [1.54, 1.807) is 0 Å². The van der Waals surface area contributed by atoms with Gasteiger partial charge in [0.25, 0.3) is 0 Å². The summed E-state index contributed by atoms with van der Waals surface area (Å²) in [5, 5.41) is 3.44. The molecule has 3 saturated heterocycles. The molecule has 0 aliphatic carbocycles. The number of nitrogens with zero attached hydrogens (tertiary/aromatic N) is 1. The number of piperidine rings is 1. The Bertz CT molecular complexity index is 186. The van der Waals surface area contributed by atoms with E-state index in [4.69, 9.17) is 4.74 Å². The Labute approximate surface area is 78.2 Å². The van der Waals surface area contributed by atoms with Crippen LogP contribution in [-0.4, -0.2) is 43.8 Å². The van der Waals surface area contributed by atoms with Crippen molar-refractivity contribution in [2.24, 2.45) is 5.92 Å². The zero-order valence-corrected chi connectivity index (χ0v) is 7.95. The van der Waals surface area contributed by atoms with Crippen molar-refractivity contribution in [3.8, 4) is 0 Å². The maximum Gasteiger partial charge on any atom is 0.409 e. The Hall–Kier alpha value is -0.770. The first-order valence-electron chi connectivity index (χ1n) is 4.86. The summed E-state index contributed by atoms with van der Waals surface area (Å²) in [5.41, 5.74) is 0. The predicted octanol–water partition coefficient (Wildman–Crippen LogP) is 0.437. The Morgan fingerprint density at radius 1 is 1.46 bits per heavy atom. The molecule has 4 heteroatoms. The van der Waals surface area contributed by atoms with Crippen molar-refractivity contribution in [2.75, 3.05) is 26.7 Å². The Kier molecular flexibility index (Phi) is 2.40. The Balaban J connectivity index is 2.03. The fraction of sp³-hybridized carbons (Fsp3) is 0.889. The van der Waals surface area contributed by atoms with E-state index in [-0.39, 0.29) is 6.09 Å². The number of rotatable bonds is 0. The van der Waals surface area contributed by atoms with E-state index in [9.17, 15) is 4.79 Å². The van der Waals surface area contributed by atoms with Crippen molar-refractivity contribution in [1.82, 2.24) is 10.2 Å². The van der Waals surface area contributed by atoms with Gasteiger partial charge < -0.3 is 15.0 Å². The largest absolute Gasteiger partial charge is 0.453 e. The lowest BCUT2D eigenvalue weighted by molar-refractivity contribution is 0.122. The number of nitrogens with one attached hydrogen (secondary N) is 1. The fourth-order valence-corrected chi connectivity index (χ4v) is 2.22. The van der Waals surface area contributed by atoms with Crippen LogP contribution in [0.1, 0.15) is 12.8 Å². The van der Waals surface area contributed by atoms with E-state index in [1.807, 2.05) is 4.90 Å². The number of carbonyl (C=O) groups is 1. The molecule has 4 nitrogen and oxygen atoms in total. The number of fused-ring (bicyclic) bond motifs is 4. The van der Waals surface area contributed by atoms with Gasteiger partial charge in [-0.3, -0.25) is 0 Å². The molecule has 2 unspecified atom stereocenters. The highest BCUT2D eigenvalue weighted by Crippen LogP contribution is 2.21. The average molecular weight is 184 g/mol. The maximum absolute atomic E-state index is 11.3. The summed E-state index contributed by atoms with van der Waals surface area (Å²) >= 11 is 0. The fourth-order valence-electron chi connectivity index (χ4n) is 2.22. The third kappa shape index (κ3) is 1.77. The van der Waals surface area contributed by atoms with E-state index in [0.29, 0.717) is 12.0 Å². The summed E-state index contributed by atoms with van der Waals surface area (Å²) in [7, 11) is 1.45. The maximum atomic E-state index is 11.3. The third-order valence-corrected chi connectivity index (χ3v) is 2.97. The zero-order valence-electron chi connectivity index (χ0n) is 7.95. The number of hydrogen-bond acceptors (Lipinski definition) is 3. The average Bonchev–Trinajstić information content (AvgIpc) is 2.49. The number of amides is 1. The van der Waals surface area contributed by atoms with Crippen molar-refractivity contribution >= 4 is 6.09 Å². The van der Waals surface area contributed by atoms with Crippen molar-refractivity contribution < 1.29 is 9.53 Å². The third-order valence-electron chi connectivity index (χ3n) is 2.97. The lowest BCUT2D eigenvalue weighted by Crippen LogP contribution is -2.40. The van der Waals surface area contributed by atoms with Crippen LogP contribution < -0.4 is 5.32 Å². The standard InChI is InChI=1S/C9H16N2O2/c1-13-9(12)11-5-7-2-3-8(6-11)10-4-7/h7-8,10H,2-6H2,1H3. The van der Waals surface area contributed by atoms with Gasteiger partial charge in [-0.1, -0.05) is 0 Å². The van der Waals surface area contributed by atoms with E-state index >= 15 is 0 Å². The summed E-state index contributed by atoms with van der Waals surface area (Å²) in [4.78, 5) is 13.1. The molecule has 3 aliphatic rings. The molecule has 0 aromatic heterocycles. The monoisotopic (exact) mass is 184 g/mol. The van der Waals surface area contributed by atoms with Crippen molar-refractivity contribution in [3.63, 3.8) is 0 Å². The highest BCUT2D eigenvalue weighted by atomic mass is 16.5. The normalized spacial score (nSPS) is 32.8. The van der Waals surface area contributed by atoms with Crippen LogP contribution in [0.4, 0.5) is 4.79 Å². The second-order valence-electron chi connectivity index (χ2n) is 3.92. The molecule has 3 fully saturated rings. The van der Waals surface area contributed by atoms with Crippen LogP contribution in [-0.2, 0) is 4.74 Å². The van der Waals surface area contributed by atoms with Gasteiger partial charge in [0.2, 0.25) is 0 Å². The second-order valence-corrected chi connectivity index (χ2v) is 3.92. The molecule has 0 aromatic rings. The molecule has 3 aliphatic heterocycles. The van der Waals surface area contributed by atoms with E-state index in [1.165, 1.54) is 20.0 Å². The topological polar surface area (TPSA) is 41.6 Å². The number of carbonyl (C=O) groups excluding carboxylic acids is 1. The molecule has 2 atom stereocenters. The Morgan fingerprint density at radius 2 is 2.31 bits per heavy atom. The van der Waals surface area contributed by atoms with Crippen molar-refractivity contribution in [3.05, 3.63) is 0 Å². The van der Waals surface area contributed by atoms with Gasteiger partial charge in [0.05, 0.1) is 7.11 Å². The van der Waals surface area contributed by atoms with E-state index in [2.05, 4.69) is 5.32 Å². The van der Waals surface area contributed by atoms with Crippen LogP contribution in [0.15, 0.2) is 0 Å². The molecule has 0 saturated carbocycles. The van der Waals surface area contributed by atoms with E-state index < -0.39 is 0 Å². The van der Waals surface area contributed by atoms with Crippen LogP contribution in [0.3, 0.4) is 0 Å².